The Bertz CT molecular complexity index is 329. The van der Waals surface area contributed by atoms with Crippen molar-refractivity contribution in [1.82, 2.24) is 5.32 Å². The van der Waals surface area contributed by atoms with Gasteiger partial charge in [-0.3, -0.25) is 0 Å². The van der Waals surface area contributed by atoms with Crippen molar-refractivity contribution < 1.29 is 4.74 Å². The van der Waals surface area contributed by atoms with Crippen LogP contribution in [0.3, 0.4) is 0 Å². The minimum absolute atomic E-state index is 0.395. The van der Waals surface area contributed by atoms with Crippen LogP contribution in [-0.4, -0.2) is 19.2 Å². The zero-order chi connectivity index (χ0) is 10.7. The molecular weight excluding hydrogens is 186 g/mol. The van der Waals surface area contributed by atoms with E-state index in [0.29, 0.717) is 6.10 Å². The van der Waals surface area contributed by atoms with Crippen LogP contribution in [0.2, 0.25) is 0 Å². The molecule has 1 aliphatic heterocycles. The summed E-state index contributed by atoms with van der Waals surface area (Å²) in [4.78, 5) is 0. The van der Waals surface area contributed by atoms with E-state index in [9.17, 15) is 0 Å². The molecule has 1 aromatic carbocycles. The van der Waals surface area contributed by atoms with E-state index in [-0.39, 0.29) is 0 Å². The minimum Gasteiger partial charge on any atom is -0.490 e. The molecule has 15 heavy (non-hydrogen) atoms. The van der Waals surface area contributed by atoms with Crippen molar-refractivity contribution in [2.45, 2.75) is 32.8 Å². The molecule has 2 nitrogen and oxygen atoms in total. The molecule has 2 heteroatoms. The van der Waals surface area contributed by atoms with Crippen LogP contribution in [0.1, 0.15) is 24.0 Å². The average molecular weight is 205 g/mol. The second-order valence-electron chi connectivity index (χ2n) is 4.34. The van der Waals surface area contributed by atoms with Crippen molar-refractivity contribution in [1.29, 1.82) is 0 Å². The monoisotopic (exact) mass is 205 g/mol. The predicted octanol–water partition coefficient (Wildman–Crippen LogP) is 2.43. The van der Waals surface area contributed by atoms with Crippen LogP contribution in [0.25, 0.3) is 0 Å². The number of hydrogen-bond donors (Lipinski definition) is 1. The van der Waals surface area contributed by atoms with Gasteiger partial charge in [-0.2, -0.15) is 0 Å². The highest BCUT2D eigenvalue weighted by molar-refractivity contribution is 5.36. The summed E-state index contributed by atoms with van der Waals surface area (Å²) in [6.07, 6.45) is 2.63. The first kappa shape index (κ1) is 10.5. The van der Waals surface area contributed by atoms with E-state index < -0.39 is 0 Å². The summed E-state index contributed by atoms with van der Waals surface area (Å²) < 4.78 is 6.03. The molecule has 0 aromatic heterocycles. The maximum absolute atomic E-state index is 6.03. The molecule has 82 valence electrons. The third kappa shape index (κ3) is 2.72. The van der Waals surface area contributed by atoms with Gasteiger partial charge in [-0.25, -0.2) is 0 Å². The van der Waals surface area contributed by atoms with Gasteiger partial charge in [0.1, 0.15) is 11.9 Å². The van der Waals surface area contributed by atoms with E-state index in [0.717, 1.165) is 31.7 Å². The fraction of sp³-hybridized carbons (Fsp3) is 0.538. The number of aryl methyl sites for hydroxylation is 2. The van der Waals surface area contributed by atoms with E-state index >= 15 is 0 Å². The highest BCUT2D eigenvalue weighted by atomic mass is 16.5. The van der Waals surface area contributed by atoms with Crippen molar-refractivity contribution in [3.8, 4) is 5.75 Å². The Hall–Kier alpha value is -1.02. The van der Waals surface area contributed by atoms with Crippen molar-refractivity contribution in [3.05, 3.63) is 29.3 Å². The molecule has 0 amide bonds. The molecular formula is C13H19NO. The molecule has 1 aromatic rings. The molecule has 1 heterocycles. The Morgan fingerprint density at radius 1 is 1.20 bits per heavy atom. The van der Waals surface area contributed by atoms with E-state index in [2.05, 4.69) is 37.4 Å². The lowest BCUT2D eigenvalue weighted by Crippen LogP contribution is -2.34. The summed E-state index contributed by atoms with van der Waals surface area (Å²) in [6, 6.07) is 6.40. The lowest BCUT2D eigenvalue weighted by molar-refractivity contribution is 0.161. The minimum atomic E-state index is 0.395. The summed E-state index contributed by atoms with van der Waals surface area (Å²) >= 11 is 0. The Kier molecular flexibility index (Phi) is 3.27. The summed E-state index contributed by atoms with van der Waals surface area (Å²) in [7, 11) is 0. The molecule has 0 saturated carbocycles. The molecule has 0 atom stereocenters. The fourth-order valence-electron chi connectivity index (χ4n) is 1.93. The van der Waals surface area contributed by atoms with E-state index in [4.69, 9.17) is 4.74 Å². The largest absolute Gasteiger partial charge is 0.490 e. The van der Waals surface area contributed by atoms with Crippen molar-refractivity contribution in [2.24, 2.45) is 0 Å². The smallest absolute Gasteiger partial charge is 0.122 e. The molecule has 0 aliphatic carbocycles. The third-order valence-electron chi connectivity index (χ3n) is 2.92. The van der Waals surface area contributed by atoms with E-state index in [1.54, 1.807) is 0 Å². The number of rotatable bonds is 2. The van der Waals surface area contributed by atoms with Gasteiger partial charge in [0.05, 0.1) is 0 Å². The SMILES string of the molecule is Cc1ccc(C)c(OC2CCNCC2)c1. The summed E-state index contributed by atoms with van der Waals surface area (Å²) in [6.45, 7) is 6.37. The zero-order valence-electron chi connectivity index (χ0n) is 9.55. The summed E-state index contributed by atoms with van der Waals surface area (Å²) in [5.41, 5.74) is 2.50. The van der Waals surface area contributed by atoms with Crippen molar-refractivity contribution in [3.63, 3.8) is 0 Å². The quantitative estimate of drug-likeness (QED) is 0.800. The number of nitrogens with one attached hydrogen (secondary N) is 1. The second kappa shape index (κ2) is 4.67. The van der Waals surface area contributed by atoms with Gasteiger partial charge < -0.3 is 10.1 Å². The number of hydrogen-bond acceptors (Lipinski definition) is 2. The first-order valence-corrected chi connectivity index (χ1v) is 5.70. The van der Waals surface area contributed by atoms with Crippen LogP contribution in [0.15, 0.2) is 18.2 Å². The van der Waals surface area contributed by atoms with E-state index in [1.165, 1.54) is 11.1 Å². The van der Waals surface area contributed by atoms with Crippen LogP contribution in [-0.2, 0) is 0 Å². The third-order valence-corrected chi connectivity index (χ3v) is 2.92. The zero-order valence-corrected chi connectivity index (χ0v) is 9.55. The Morgan fingerprint density at radius 3 is 2.67 bits per heavy atom. The molecule has 0 radical (unpaired) electrons. The standard InChI is InChI=1S/C13H19NO/c1-10-3-4-11(2)13(9-10)15-12-5-7-14-8-6-12/h3-4,9,12,14H,5-8H2,1-2H3. The van der Waals surface area contributed by atoms with E-state index in [1.807, 2.05) is 0 Å². The van der Waals surface area contributed by atoms with Crippen molar-refractivity contribution in [2.75, 3.05) is 13.1 Å². The van der Waals surface area contributed by atoms with Gasteiger partial charge in [-0.1, -0.05) is 12.1 Å². The van der Waals surface area contributed by atoms with Crippen LogP contribution in [0.5, 0.6) is 5.75 Å². The van der Waals surface area contributed by atoms with Gasteiger partial charge in [0, 0.05) is 0 Å². The van der Waals surface area contributed by atoms with Crippen molar-refractivity contribution >= 4 is 0 Å². The molecule has 1 fully saturated rings. The second-order valence-corrected chi connectivity index (χ2v) is 4.34. The average Bonchev–Trinajstić information content (AvgIpc) is 2.25. The molecule has 1 aliphatic rings. The topological polar surface area (TPSA) is 21.3 Å². The van der Waals surface area contributed by atoms with Crippen LogP contribution >= 0.6 is 0 Å². The maximum Gasteiger partial charge on any atom is 0.122 e. The Labute approximate surface area is 91.6 Å². The van der Waals surface area contributed by atoms with Gasteiger partial charge in [-0.05, 0) is 57.0 Å². The molecule has 2 rings (SSSR count). The predicted molar refractivity (Wildman–Crippen MR) is 62.4 cm³/mol. The highest BCUT2D eigenvalue weighted by Crippen LogP contribution is 2.22. The summed E-state index contributed by atoms with van der Waals surface area (Å²) in [5, 5.41) is 3.35. The first-order chi connectivity index (χ1) is 7.25. The Morgan fingerprint density at radius 2 is 1.93 bits per heavy atom. The first-order valence-electron chi connectivity index (χ1n) is 5.70. The highest BCUT2D eigenvalue weighted by Gasteiger charge is 2.15. The Balaban J connectivity index is 2.05. The van der Waals surface area contributed by atoms with Crippen LogP contribution < -0.4 is 10.1 Å². The van der Waals surface area contributed by atoms with Crippen LogP contribution in [0, 0.1) is 13.8 Å². The fourth-order valence-corrected chi connectivity index (χ4v) is 1.93. The molecule has 0 spiro atoms. The molecule has 1 saturated heterocycles. The van der Waals surface area contributed by atoms with Gasteiger partial charge in [0.15, 0.2) is 0 Å². The maximum atomic E-state index is 6.03. The molecule has 0 bridgehead atoms. The van der Waals surface area contributed by atoms with Gasteiger partial charge in [0.25, 0.3) is 0 Å². The van der Waals surface area contributed by atoms with Gasteiger partial charge >= 0.3 is 0 Å². The van der Waals surface area contributed by atoms with Gasteiger partial charge in [-0.15, -0.1) is 0 Å². The lowest BCUT2D eigenvalue weighted by atomic mass is 10.1. The summed E-state index contributed by atoms with van der Waals surface area (Å²) in [5.74, 6) is 1.06. The molecule has 0 unspecified atom stereocenters. The number of benzene rings is 1. The van der Waals surface area contributed by atoms with Gasteiger partial charge in [0.2, 0.25) is 0 Å². The number of ether oxygens (including phenoxy) is 1. The van der Waals surface area contributed by atoms with Crippen LogP contribution in [0.4, 0.5) is 0 Å². The lowest BCUT2D eigenvalue weighted by Gasteiger charge is -2.24. The molecule has 1 N–H and O–H groups in total. The normalized spacial score (nSPS) is 17.7. The number of piperidine rings is 1.